The molecule has 6 nitrogen and oxygen atoms in total. The van der Waals surface area contributed by atoms with E-state index < -0.39 is 5.91 Å². The van der Waals surface area contributed by atoms with Crippen LogP contribution in [0.15, 0.2) is 24.3 Å². The molecule has 0 radical (unpaired) electrons. The number of rotatable bonds is 5. The van der Waals surface area contributed by atoms with Gasteiger partial charge in [0.25, 0.3) is 11.8 Å². The van der Waals surface area contributed by atoms with E-state index in [1.165, 1.54) is 26.4 Å². The number of hydrogen-bond acceptors (Lipinski definition) is 5. The molecular weight excluding hydrogens is 289 g/mol. The second-order valence-electron chi connectivity index (χ2n) is 4.47. The van der Waals surface area contributed by atoms with Crippen molar-refractivity contribution in [1.82, 2.24) is 15.3 Å². The van der Waals surface area contributed by atoms with E-state index in [1.807, 2.05) is 0 Å². The van der Waals surface area contributed by atoms with Crippen molar-refractivity contribution in [3.63, 3.8) is 0 Å². The molecule has 0 fully saturated rings. The van der Waals surface area contributed by atoms with E-state index >= 15 is 0 Å². The molecule has 1 N–H and O–H groups in total. The Morgan fingerprint density at radius 3 is 2.45 bits per heavy atom. The van der Waals surface area contributed by atoms with Gasteiger partial charge in [-0.3, -0.25) is 4.79 Å². The minimum absolute atomic E-state index is 0.0916. The van der Waals surface area contributed by atoms with E-state index in [1.54, 1.807) is 19.1 Å². The van der Waals surface area contributed by atoms with Crippen LogP contribution in [0.5, 0.6) is 11.6 Å². The smallest absolute Gasteiger partial charge is 0.274 e. The number of halogens is 1. The van der Waals surface area contributed by atoms with Crippen LogP contribution in [-0.4, -0.2) is 30.1 Å². The lowest BCUT2D eigenvalue weighted by Crippen LogP contribution is -2.25. The Bertz CT molecular complexity index is 674. The van der Waals surface area contributed by atoms with Crippen molar-refractivity contribution in [2.45, 2.75) is 13.5 Å². The van der Waals surface area contributed by atoms with Gasteiger partial charge in [0, 0.05) is 6.54 Å². The van der Waals surface area contributed by atoms with E-state index in [0.29, 0.717) is 5.82 Å². The summed E-state index contributed by atoms with van der Waals surface area (Å²) in [5.74, 6) is 0.00843. The first-order valence-corrected chi connectivity index (χ1v) is 6.54. The first kappa shape index (κ1) is 15.7. The summed E-state index contributed by atoms with van der Waals surface area (Å²) in [5, 5.41) is 2.70. The van der Waals surface area contributed by atoms with Crippen molar-refractivity contribution in [3.8, 4) is 11.6 Å². The summed E-state index contributed by atoms with van der Waals surface area (Å²) in [4.78, 5) is 20.4. The van der Waals surface area contributed by atoms with Gasteiger partial charge in [0.2, 0.25) is 5.75 Å². The van der Waals surface area contributed by atoms with Gasteiger partial charge in [-0.15, -0.1) is 0 Å². The van der Waals surface area contributed by atoms with Gasteiger partial charge in [-0.2, -0.15) is 4.98 Å². The molecule has 2 rings (SSSR count). The summed E-state index contributed by atoms with van der Waals surface area (Å²) in [6.45, 7) is 1.90. The normalized spacial score (nSPS) is 10.2. The summed E-state index contributed by atoms with van der Waals surface area (Å²) >= 11 is 0. The van der Waals surface area contributed by atoms with Crippen molar-refractivity contribution in [2.75, 3.05) is 14.2 Å². The predicted molar refractivity (Wildman–Crippen MR) is 77.4 cm³/mol. The fourth-order valence-electron chi connectivity index (χ4n) is 1.88. The Labute approximate surface area is 127 Å². The molecule has 0 spiro atoms. The molecule has 0 saturated carbocycles. The van der Waals surface area contributed by atoms with Gasteiger partial charge in [0.1, 0.15) is 11.6 Å². The maximum atomic E-state index is 12.8. The molecule has 2 aromatic rings. The molecule has 1 aromatic carbocycles. The van der Waals surface area contributed by atoms with E-state index in [2.05, 4.69) is 15.3 Å². The molecule has 0 aliphatic rings. The highest BCUT2D eigenvalue weighted by Crippen LogP contribution is 2.27. The molecule has 1 amide bonds. The number of nitrogens with one attached hydrogen (secondary N) is 1. The third-order valence-corrected chi connectivity index (χ3v) is 2.93. The van der Waals surface area contributed by atoms with Gasteiger partial charge in [-0.1, -0.05) is 12.1 Å². The Morgan fingerprint density at radius 2 is 1.86 bits per heavy atom. The van der Waals surface area contributed by atoms with E-state index in [0.717, 1.165) is 5.56 Å². The number of benzene rings is 1. The number of carbonyl (C=O) groups excluding carboxylic acids is 1. The topological polar surface area (TPSA) is 73.3 Å². The Hall–Kier alpha value is -2.70. The second-order valence-corrected chi connectivity index (χ2v) is 4.47. The SMILES string of the molecule is COc1nc(C)nc(C(=O)NCc2ccc(F)cc2)c1OC. The van der Waals surface area contributed by atoms with E-state index in [-0.39, 0.29) is 29.7 Å². The zero-order valence-electron chi connectivity index (χ0n) is 12.5. The van der Waals surface area contributed by atoms with Crippen LogP contribution < -0.4 is 14.8 Å². The molecule has 0 aliphatic heterocycles. The van der Waals surface area contributed by atoms with Crippen molar-refractivity contribution in [1.29, 1.82) is 0 Å². The van der Waals surface area contributed by atoms with E-state index in [9.17, 15) is 9.18 Å². The van der Waals surface area contributed by atoms with Gasteiger partial charge in [0.15, 0.2) is 5.69 Å². The number of hydrogen-bond donors (Lipinski definition) is 1. The Morgan fingerprint density at radius 1 is 1.18 bits per heavy atom. The fourth-order valence-corrected chi connectivity index (χ4v) is 1.88. The minimum atomic E-state index is -0.426. The third kappa shape index (κ3) is 3.49. The summed E-state index contributed by atoms with van der Waals surface area (Å²) < 4.78 is 23.1. The number of aromatic nitrogens is 2. The van der Waals surface area contributed by atoms with Crippen molar-refractivity contribution < 1.29 is 18.7 Å². The van der Waals surface area contributed by atoms with Crippen molar-refractivity contribution in [2.24, 2.45) is 0 Å². The number of carbonyl (C=O) groups is 1. The maximum absolute atomic E-state index is 12.8. The highest BCUT2D eigenvalue weighted by atomic mass is 19.1. The average Bonchev–Trinajstić information content (AvgIpc) is 2.53. The van der Waals surface area contributed by atoms with Crippen LogP contribution in [0.1, 0.15) is 21.9 Å². The molecular formula is C15H16FN3O3. The highest BCUT2D eigenvalue weighted by molar-refractivity contribution is 5.95. The molecule has 0 aliphatic carbocycles. The lowest BCUT2D eigenvalue weighted by molar-refractivity contribution is 0.0941. The standard InChI is InChI=1S/C15H16FN3O3/c1-9-18-12(13(21-2)15(19-9)22-3)14(20)17-8-10-4-6-11(16)7-5-10/h4-7H,8H2,1-3H3,(H,17,20). The second kappa shape index (κ2) is 6.84. The van der Waals surface area contributed by atoms with Crippen LogP contribution in [0, 0.1) is 12.7 Å². The molecule has 22 heavy (non-hydrogen) atoms. The van der Waals surface area contributed by atoms with Gasteiger partial charge in [-0.25, -0.2) is 9.37 Å². The number of aryl methyl sites for hydroxylation is 1. The first-order chi connectivity index (χ1) is 10.5. The summed E-state index contributed by atoms with van der Waals surface area (Å²) in [6, 6.07) is 5.86. The Balaban J connectivity index is 2.18. The summed E-state index contributed by atoms with van der Waals surface area (Å²) in [6.07, 6.45) is 0. The predicted octanol–water partition coefficient (Wildman–Crippen LogP) is 1.87. The number of amides is 1. The van der Waals surface area contributed by atoms with Crippen LogP contribution in [0.2, 0.25) is 0 Å². The third-order valence-electron chi connectivity index (χ3n) is 2.93. The Kier molecular flexibility index (Phi) is 4.88. The first-order valence-electron chi connectivity index (χ1n) is 6.54. The molecule has 0 saturated heterocycles. The van der Waals surface area contributed by atoms with E-state index in [4.69, 9.17) is 9.47 Å². The summed E-state index contributed by atoms with van der Waals surface area (Å²) in [5.41, 5.74) is 0.862. The molecule has 1 aromatic heterocycles. The lowest BCUT2D eigenvalue weighted by atomic mass is 10.2. The van der Waals surface area contributed by atoms with Crippen LogP contribution in [0.25, 0.3) is 0 Å². The van der Waals surface area contributed by atoms with Crippen LogP contribution in [0.3, 0.4) is 0 Å². The molecule has 0 atom stereocenters. The molecule has 1 heterocycles. The maximum Gasteiger partial charge on any atom is 0.274 e. The van der Waals surface area contributed by atoms with Crippen molar-refractivity contribution >= 4 is 5.91 Å². The zero-order chi connectivity index (χ0) is 16.1. The zero-order valence-corrected chi connectivity index (χ0v) is 12.5. The highest BCUT2D eigenvalue weighted by Gasteiger charge is 2.20. The molecule has 7 heteroatoms. The monoisotopic (exact) mass is 305 g/mol. The van der Waals surface area contributed by atoms with Gasteiger partial charge in [0.05, 0.1) is 14.2 Å². The molecule has 0 unspecified atom stereocenters. The average molecular weight is 305 g/mol. The molecule has 0 bridgehead atoms. The van der Waals surface area contributed by atoms with Gasteiger partial charge < -0.3 is 14.8 Å². The minimum Gasteiger partial charge on any atom is -0.490 e. The van der Waals surface area contributed by atoms with Crippen LogP contribution in [0.4, 0.5) is 4.39 Å². The fraction of sp³-hybridized carbons (Fsp3) is 0.267. The van der Waals surface area contributed by atoms with Gasteiger partial charge in [-0.05, 0) is 24.6 Å². The van der Waals surface area contributed by atoms with Gasteiger partial charge >= 0.3 is 0 Å². The van der Waals surface area contributed by atoms with Crippen LogP contribution in [-0.2, 0) is 6.54 Å². The van der Waals surface area contributed by atoms with Crippen molar-refractivity contribution in [3.05, 3.63) is 47.2 Å². The lowest BCUT2D eigenvalue weighted by Gasteiger charge is -2.12. The number of methoxy groups -OCH3 is 2. The van der Waals surface area contributed by atoms with Crippen LogP contribution >= 0.6 is 0 Å². The number of ether oxygens (including phenoxy) is 2. The summed E-state index contributed by atoms with van der Waals surface area (Å²) in [7, 11) is 2.85. The largest absolute Gasteiger partial charge is 0.490 e. The quantitative estimate of drug-likeness (QED) is 0.913. The number of nitrogens with zero attached hydrogens (tertiary/aromatic N) is 2. The molecule has 116 valence electrons.